The van der Waals surface area contributed by atoms with Gasteiger partial charge in [0.15, 0.2) is 11.5 Å². The number of fused-ring (bicyclic) bond motifs is 2. The Labute approximate surface area is 204 Å². The molecule has 0 unspecified atom stereocenters. The molecule has 3 heterocycles. The van der Waals surface area contributed by atoms with Gasteiger partial charge < -0.3 is 25.4 Å². The number of anilines is 2. The van der Waals surface area contributed by atoms with Crippen LogP contribution in [0.5, 0.6) is 11.5 Å². The van der Waals surface area contributed by atoms with Gasteiger partial charge >= 0.3 is 6.03 Å². The normalized spacial score (nSPS) is 16.4. The number of amides is 2. The largest absolute Gasteiger partial charge is 0.490 e. The van der Waals surface area contributed by atoms with Gasteiger partial charge in [-0.15, -0.1) is 11.3 Å². The van der Waals surface area contributed by atoms with E-state index in [4.69, 9.17) is 15.2 Å². The lowest BCUT2D eigenvalue weighted by Crippen LogP contribution is -2.46. The number of nitrogens with one attached hydrogen (secondary N) is 1. The molecule has 3 N–H and O–H groups in total. The number of carbonyl (C=O) groups excluding carboxylic acids is 1. The van der Waals surface area contributed by atoms with Crippen LogP contribution in [0.3, 0.4) is 0 Å². The van der Waals surface area contributed by atoms with Gasteiger partial charge in [-0.1, -0.05) is 18.2 Å². The molecule has 0 spiro atoms. The van der Waals surface area contributed by atoms with Crippen molar-refractivity contribution in [2.24, 2.45) is 5.73 Å². The third kappa shape index (κ3) is 5.23. The maximum Gasteiger partial charge on any atom is 0.316 e. The van der Waals surface area contributed by atoms with E-state index in [-0.39, 0.29) is 0 Å². The molecule has 1 aromatic heterocycles. The number of hydrogen-bond acceptors (Lipinski definition) is 6. The van der Waals surface area contributed by atoms with Gasteiger partial charge in [-0.25, -0.2) is 4.79 Å². The fraction of sp³-hybridized carbons (Fsp3) is 0.423. The Morgan fingerprint density at radius 3 is 2.62 bits per heavy atom. The van der Waals surface area contributed by atoms with Crippen LogP contribution in [-0.2, 0) is 6.42 Å². The van der Waals surface area contributed by atoms with Crippen LogP contribution < -0.4 is 25.4 Å². The summed E-state index contributed by atoms with van der Waals surface area (Å²) in [5, 5.41) is 3.92. The van der Waals surface area contributed by atoms with Crippen molar-refractivity contribution in [2.75, 3.05) is 56.2 Å². The van der Waals surface area contributed by atoms with Crippen molar-refractivity contribution in [1.29, 1.82) is 0 Å². The first kappa shape index (κ1) is 22.8. The molecule has 1 saturated heterocycles. The number of urea groups is 1. The number of ether oxygens (including phenoxy) is 2. The quantitative estimate of drug-likeness (QED) is 0.479. The van der Waals surface area contributed by atoms with Crippen LogP contribution in [-0.4, -0.2) is 56.9 Å². The number of hydrogen-bond donors (Lipinski definition) is 2. The monoisotopic (exact) mass is 480 g/mol. The minimum atomic E-state index is -0.503. The van der Waals surface area contributed by atoms with Gasteiger partial charge in [0.05, 0.1) is 18.9 Å². The average molecular weight is 481 g/mol. The van der Waals surface area contributed by atoms with Gasteiger partial charge in [0, 0.05) is 59.3 Å². The molecule has 1 fully saturated rings. The molecule has 0 aliphatic carbocycles. The Kier molecular flexibility index (Phi) is 7.06. The predicted octanol–water partition coefficient (Wildman–Crippen LogP) is 4.70. The second-order valence-corrected chi connectivity index (χ2v) is 9.99. The third-order valence-corrected chi connectivity index (χ3v) is 7.74. The molecule has 2 aliphatic rings. The molecule has 0 saturated carbocycles. The number of piperazine rings is 1. The summed E-state index contributed by atoms with van der Waals surface area (Å²) in [6.45, 7) is 6.68. The zero-order valence-electron chi connectivity index (χ0n) is 19.4. The summed E-state index contributed by atoms with van der Waals surface area (Å²) in [6, 6.07) is 14.0. The molecule has 2 aromatic carbocycles. The van der Waals surface area contributed by atoms with Crippen molar-refractivity contribution in [1.82, 2.24) is 4.90 Å². The number of primary amides is 1. The van der Waals surface area contributed by atoms with Crippen LogP contribution in [0.4, 0.5) is 16.2 Å². The average Bonchev–Trinajstić information content (AvgIpc) is 3.02. The van der Waals surface area contributed by atoms with Crippen LogP contribution in [0.15, 0.2) is 42.5 Å². The number of thiophene rings is 1. The van der Waals surface area contributed by atoms with E-state index in [0.29, 0.717) is 6.61 Å². The van der Waals surface area contributed by atoms with E-state index in [9.17, 15) is 4.79 Å². The number of unbranched alkanes of at least 4 members (excludes halogenated alkanes) is 1. The van der Waals surface area contributed by atoms with Crippen LogP contribution >= 0.6 is 11.3 Å². The van der Waals surface area contributed by atoms with Gasteiger partial charge in [-0.3, -0.25) is 4.90 Å². The first-order valence-electron chi connectivity index (χ1n) is 12.1. The van der Waals surface area contributed by atoms with E-state index in [1.54, 1.807) is 11.3 Å². The summed E-state index contributed by atoms with van der Waals surface area (Å²) in [4.78, 5) is 17.7. The Balaban J connectivity index is 1.10. The summed E-state index contributed by atoms with van der Waals surface area (Å²) in [5.74, 6) is 1.72. The highest BCUT2D eigenvalue weighted by atomic mass is 32.1. The van der Waals surface area contributed by atoms with E-state index in [1.807, 2.05) is 24.3 Å². The van der Waals surface area contributed by atoms with Gasteiger partial charge in [0.25, 0.3) is 0 Å². The molecule has 8 heteroatoms. The van der Waals surface area contributed by atoms with Crippen molar-refractivity contribution in [2.45, 2.75) is 25.7 Å². The fourth-order valence-electron chi connectivity index (χ4n) is 4.73. The van der Waals surface area contributed by atoms with Crippen molar-refractivity contribution in [3.63, 3.8) is 0 Å². The van der Waals surface area contributed by atoms with Gasteiger partial charge in [-0.2, -0.15) is 0 Å². The summed E-state index contributed by atoms with van der Waals surface area (Å²) >= 11 is 1.75. The van der Waals surface area contributed by atoms with Crippen molar-refractivity contribution < 1.29 is 14.3 Å². The van der Waals surface area contributed by atoms with Crippen LogP contribution in [0.2, 0.25) is 0 Å². The lowest BCUT2D eigenvalue weighted by atomic mass is 10.1. The molecule has 3 aromatic rings. The van der Waals surface area contributed by atoms with Gasteiger partial charge in [0.1, 0.15) is 0 Å². The van der Waals surface area contributed by atoms with Crippen molar-refractivity contribution >= 4 is 38.8 Å². The lowest BCUT2D eigenvalue weighted by Gasteiger charge is -2.36. The fourth-order valence-corrected chi connectivity index (χ4v) is 5.93. The predicted molar refractivity (Wildman–Crippen MR) is 139 cm³/mol. The maximum atomic E-state index is 11.5. The molecule has 34 heavy (non-hydrogen) atoms. The molecule has 0 atom stereocenters. The smallest absolute Gasteiger partial charge is 0.316 e. The number of nitrogens with zero attached hydrogens (tertiary/aromatic N) is 2. The second kappa shape index (κ2) is 10.5. The van der Waals surface area contributed by atoms with Crippen LogP contribution in [0.25, 0.3) is 10.1 Å². The first-order valence-corrected chi connectivity index (χ1v) is 12.9. The minimum absolute atomic E-state index is 0.503. The highest BCUT2D eigenvalue weighted by molar-refractivity contribution is 7.19. The highest BCUT2D eigenvalue weighted by Crippen LogP contribution is 2.37. The number of carbonyl (C=O) groups is 1. The number of aryl methyl sites for hydroxylation is 1. The van der Waals surface area contributed by atoms with Gasteiger partial charge in [0.2, 0.25) is 0 Å². The van der Waals surface area contributed by atoms with Gasteiger partial charge in [-0.05, 0) is 44.0 Å². The summed E-state index contributed by atoms with van der Waals surface area (Å²) in [7, 11) is 0. The molecule has 180 valence electrons. The summed E-state index contributed by atoms with van der Waals surface area (Å²) < 4.78 is 12.8. The Bertz CT molecular complexity index is 1140. The molecular weight excluding hydrogens is 448 g/mol. The van der Waals surface area contributed by atoms with E-state index in [0.717, 1.165) is 87.6 Å². The van der Waals surface area contributed by atoms with E-state index in [1.165, 1.54) is 15.3 Å². The van der Waals surface area contributed by atoms with E-state index < -0.39 is 6.03 Å². The molecule has 0 radical (unpaired) electrons. The van der Waals surface area contributed by atoms with Crippen LogP contribution in [0, 0.1) is 0 Å². The summed E-state index contributed by atoms with van der Waals surface area (Å²) in [6.07, 6.45) is 4.09. The zero-order valence-corrected chi connectivity index (χ0v) is 20.2. The standard InChI is InChI=1S/C26H32N4O3S/c27-26(31)28-25-20-6-1-2-7-23(20)34-24(25)8-3-4-11-29-12-14-30(15-13-29)19-9-10-21-22(18-19)33-17-5-16-32-21/h1-2,6-7,9-10,18H,3-5,8,11-17H2,(H3,27,28,31). The Hall–Kier alpha value is -2.97. The molecular formula is C26H32N4O3S. The topological polar surface area (TPSA) is 80.1 Å². The molecule has 7 nitrogen and oxygen atoms in total. The zero-order chi connectivity index (χ0) is 23.3. The van der Waals surface area contributed by atoms with Crippen molar-refractivity contribution in [3.05, 3.63) is 47.3 Å². The Morgan fingerprint density at radius 2 is 1.79 bits per heavy atom. The summed E-state index contributed by atoms with van der Waals surface area (Å²) in [5.41, 5.74) is 7.52. The SMILES string of the molecule is NC(=O)Nc1c(CCCCN2CCN(c3ccc4c(c3)OCCCO4)CC2)sc2ccccc12. The molecule has 2 amide bonds. The van der Waals surface area contributed by atoms with E-state index in [2.05, 4.69) is 33.3 Å². The minimum Gasteiger partial charge on any atom is -0.490 e. The number of rotatable bonds is 7. The van der Waals surface area contributed by atoms with E-state index >= 15 is 0 Å². The first-order chi connectivity index (χ1) is 16.7. The maximum absolute atomic E-state index is 11.5. The third-order valence-electron chi connectivity index (χ3n) is 6.51. The van der Waals surface area contributed by atoms with Crippen molar-refractivity contribution in [3.8, 4) is 11.5 Å². The molecule has 0 bridgehead atoms. The molecule has 5 rings (SSSR count). The Morgan fingerprint density at radius 1 is 1.00 bits per heavy atom. The number of benzene rings is 2. The second-order valence-electron chi connectivity index (χ2n) is 8.85. The van der Waals surface area contributed by atoms with Crippen LogP contribution in [0.1, 0.15) is 24.1 Å². The lowest BCUT2D eigenvalue weighted by molar-refractivity contribution is 0.253. The molecule has 2 aliphatic heterocycles. The highest BCUT2D eigenvalue weighted by Gasteiger charge is 2.19. The number of nitrogens with two attached hydrogens (primary N) is 1.